The van der Waals surface area contributed by atoms with Crippen LogP contribution in [0.1, 0.15) is 10.4 Å². The first-order chi connectivity index (χ1) is 8.74. The molecule has 0 bridgehead atoms. The summed E-state index contributed by atoms with van der Waals surface area (Å²) in [6, 6.07) is 10.9. The number of hydrogen-bond donors (Lipinski definition) is 1. The van der Waals surface area contributed by atoms with Crippen LogP contribution < -0.4 is 4.74 Å². The summed E-state index contributed by atoms with van der Waals surface area (Å²) in [4.78, 5) is 11.2. The highest BCUT2D eigenvalue weighted by Crippen LogP contribution is 2.29. The van der Waals surface area contributed by atoms with Gasteiger partial charge in [0.2, 0.25) is 0 Å². The van der Waals surface area contributed by atoms with E-state index in [0.717, 1.165) is 10.8 Å². The minimum Gasteiger partial charge on any atom is -0.490 e. The SMILES string of the molecule is COCCOc1c(C(=O)O)ccc2ccccc12. The molecule has 4 nitrogen and oxygen atoms in total. The molecule has 1 N–H and O–H groups in total. The van der Waals surface area contributed by atoms with Gasteiger partial charge in [0.25, 0.3) is 0 Å². The van der Waals surface area contributed by atoms with Crippen molar-refractivity contribution in [1.29, 1.82) is 0 Å². The number of carboxylic acids is 1. The third-order valence-corrected chi connectivity index (χ3v) is 2.64. The molecule has 2 rings (SSSR count). The molecule has 94 valence electrons. The van der Waals surface area contributed by atoms with Gasteiger partial charge in [0.1, 0.15) is 17.9 Å². The van der Waals surface area contributed by atoms with Crippen molar-refractivity contribution in [2.45, 2.75) is 0 Å². The van der Waals surface area contributed by atoms with Crippen molar-refractivity contribution in [3.8, 4) is 5.75 Å². The summed E-state index contributed by atoms with van der Waals surface area (Å²) in [6.07, 6.45) is 0. The van der Waals surface area contributed by atoms with Gasteiger partial charge in [0, 0.05) is 12.5 Å². The number of methoxy groups -OCH3 is 1. The summed E-state index contributed by atoms with van der Waals surface area (Å²) in [5.41, 5.74) is 0.171. The second-order valence-corrected chi connectivity index (χ2v) is 3.81. The number of ether oxygens (including phenoxy) is 2. The highest BCUT2D eigenvalue weighted by molar-refractivity contribution is 6.00. The summed E-state index contributed by atoms with van der Waals surface area (Å²) < 4.78 is 10.4. The van der Waals surface area contributed by atoms with Crippen molar-refractivity contribution in [2.75, 3.05) is 20.3 Å². The van der Waals surface area contributed by atoms with Crippen LogP contribution in [0.25, 0.3) is 10.8 Å². The van der Waals surface area contributed by atoms with Crippen LogP contribution in [0, 0.1) is 0 Å². The maximum Gasteiger partial charge on any atom is 0.339 e. The van der Waals surface area contributed by atoms with Gasteiger partial charge in [-0.3, -0.25) is 0 Å². The molecule has 0 atom stereocenters. The number of rotatable bonds is 5. The fourth-order valence-electron chi connectivity index (χ4n) is 1.79. The third kappa shape index (κ3) is 2.43. The molecule has 0 fully saturated rings. The Morgan fingerprint density at radius 2 is 1.94 bits per heavy atom. The Balaban J connectivity index is 2.48. The average Bonchev–Trinajstić information content (AvgIpc) is 2.38. The number of benzene rings is 2. The molecule has 0 spiro atoms. The average molecular weight is 246 g/mol. The van der Waals surface area contributed by atoms with Gasteiger partial charge in [-0.25, -0.2) is 4.79 Å². The van der Waals surface area contributed by atoms with Crippen LogP contribution in [0.4, 0.5) is 0 Å². The quantitative estimate of drug-likeness (QED) is 0.824. The number of hydrogen-bond acceptors (Lipinski definition) is 3. The van der Waals surface area contributed by atoms with Crippen LogP contribution in [0.3, 0.4) is 0 Å². The molecule has 0 saturated carbocycles. The van der Waals surface area contributed by atoms with Crippen molar-refractivity contribution in [3.63, 3.8) is 0 Å². The van der Waals surface area contributed by atoms with E-state index in [4.69, 9.17) is 9.47 Å². The molecular formula is C14H14O4. The molecule has 2 aromatic carbocycles. The van der Waals surface area contributed by atoms with E-state index >= 15 is 0 Å². The van der Waals surface area contributed by atoms with E-state index in [1.54, 1.807) is 19.2 Å². The Kier molecular flexibility index (Phi) is 3.79. The lowest BCUT2D eigenvalue weighted by molar-refractivity contribution is 0.0690. The van der Waals surface area contributed by atoms with Gasteiger partial charge in [-0.1, -0.05) is 30.3 Å². The first kappa shape index (κ1) is 12.4. The molecule has 0 heterocycles. The second kappa shape index (κ2) is 5.51. The second-order valence-electron chi connectivity index (χ2n) is 3.81. The van der Waals surface area contributed by atoms with Crippen LogP contribution in [0.15, 0.2) is 36.4 Å². The Labute approximate surface area is 105 Å². The topological polar surface area (TPSA) is 55.8 Å². The third-order valence-electron chi connectivity index (χ3n) is 2.64. The lowest BCUT2D eigenvalue weighted by Crippen LogP contribution is -2.08. The monoisotopic (exact) mass is 246 g/mol. The Morgan fingerprint density at radius 3 is 2.67 bits per heavy atom. The summed E-state index contributed by atoms with van der Waals surface area (Å²) in [6.45, 7) is 0.743. The zero-order valence-corrected chi connectivity index (χ0v) is 10.1. The molecule has 0 radical (unpaired) electrons. The summed E-state index contributed by atoms with van der Waals surface area (Å²) in [7, 11) is 1.57. The van der Waals surface area contributed by atoms with E-state index in [9.17, 15) is 9.90 Å². The molecule has 0 amide bonds. The van der Waals surface area contributed by atoms with Crippen LogP contribution in [-0.2, 0) is 4.74 Å². The predicted octanol–water partition coefficient (Wildman–Crippen LogP) is 2.56. The molecule has 4 heteroatoms. The summed E-state index contributed by atoms with van der Waals surface area (Å²) in [5, 5.41) is 10.9. The van der Waals surface area contributed by atoms with Crippen LogP contribution in [-0.4, -0.2) is 31.4 Å². The molecule has 0 aliphatic rings. The first-order valence-corrected chi connectivity index (χ1v) is 5.61. The predicted molar refractivity (Wildman–Crippen MR) is 68.3 cm³/mol. The van der Waals surface area contributed by atoms with E-state index in [2.05, 4.69) is 0 Å². The van der Waals surface area contributed by atoms with Gasteiger partial charge in [-0.2, -0.15) is 0 Å². The zero-order valence-electron chi connectivity index (χ0n) is 10.1. The van der Waals surface area contributed by atoms with Crippen LogP contribution in [0.2, 0.25) is 0 Å². The highest BCUT2D eigenvalue weighted by Gasteiger charge is 2.14. The molecule has 0 aliphatic heterocycles. The minimum atomic E-state index is -0.992. The number of carbonyl (C=O) groups is 1. The van der Waals surface area contributed by atoms with Crippen molar-refractivity contribution >= 4 is 16.7 Å². The van der Waals surface area contributed by atoms with Gasteiger partial charge in [0.15, 0.2) is 0 Å². The van der Waals surface area contributed by atoms with E-state index in [0.29, 0.717) is 19.0 Å². The lowest BCUT2D eigenvalue weighted by atomic mass is 10.1. The standard InChI is InChI=1S/C14H14O4/c1-17-8-9-18-13-11-5-3-2-4-10(11)6-7-12(13)14(15)16/h2-7H,8-9H2,1H3,(H,15,16). The minimum absolute atomic E-state index is 0.171. The zero-order chi connectivity index (χ0) is 13.0. The van der Waals surface area contributed by atoms with E-state index in [1.807, 2.05) is 24.3 Å². The molecule has 0 saturated heterocycles. The number of carboxylic acid groups (broad SMARTS) is 1. The maximum atomic E-state index is 11.2. The fraction of sp³-hybridized carbons (Fsp3) is 0.214. The molecule has 0 aliphatic carbocycles. The molecule has 0 aromatic heterocycles. The van der Waals surface area contributed by atoms with E-state index in [-0.39, 0.29) is 5.56 Å². The van der Waals surface area contributed by atoms with Crippen LogP contribution in [0.5, 0.6) is 5.75 Å². The summed E-state index contributed by atoms with van der Waals surface area (Å²) >= 11 is 0. The lowest BCUT2D eigenvalue weighted by Gasteiger charge is -2.11. The molecule has 18 heavy (non-hydrogen) atoms. The largest absolute Gasteiger partial charge is 0.490 e. The van der Waals surface area contributed by atoms with Gasteiger partial charge in [-0.15, -0.1) is 0 Å². The smallest absolute Gasteiger partial charge is 0.339 e. The van der Waals surface area contributed by atoms with Gasteiger partial charge in [0.05, 0.1) is 6.61 Å². The Bertz CT molecular complexity index is 563. The first-order valence-electron chi connectivity index (χ1n) is 5.61. The van der Waals surface area contributed by atoms with Crippen molar-refractivity contribution in [1.82, 2.24) is 0 Å². The molecule has 0 unspecified atom stereocenters. The Morgan fingerprint density at radius 1 is 1.17 bits per heavy atom. The summed E-state index contributed by atoms with van der Waals surface area (Å²) in [5.74, 6) is -0.592. The maximum absolute atomic E-state index is 11.2. The van der Waals surface area contributed by atoms with Gasteiger partial charge in [-0.05, 0) is 11.5 Å². The van der Waals surface area contributed by atoms with Crippen LogP contribution >= 0.6 is 0 Å². The molecule has 2 aromatic rings. The highest BCUT2D eigenvalue weighted by atomic mass is 16.5. The van der Waals surface area contributed by atoms with Gasteiger partial charge >= 0.3 is 5.97 Å². The van der Waals surface area contributed by atoms with E-state index < -0.39 is 5.97 Å². The molecular weight excluding hydrogens is 232 g/mol. The number of fused-ring (bicyclic) bond motifs is 1. The van der Waals surface area contributed by atoms with Crippen molar-refractivity contribution in [2.24, 2.45) is 0 Å². The number of aromatic carboxylic acids is 1. The van der Waals surface area contributed by atoms with E-state index in [1.165, 1.54) is 0 Å². The Hall–Kier alpha value is -2.07. The normalized spacial score (nSPS) is 10.5. The van der Waals surface area contributed by atoms with Crippen molar-refractivity contribution in [3.05, 3.63) is 42.0 Å². The fourth-order valence-corrected chi connectivity index (χ4v) is 1.79. The van der Waals surface area contributed by atoms with Gasteiger partial charge < -0.3 is 14.6 Å². The van der Waals surface area contributed by atoms with Crippen molar-refractivity contribution < 1.29 is 19.4 Å².